The van der Waals surface area contributed by atoms with Crippen molar-refractivity contribution in [3.05, 3.63) is 59.1 Å². The van der Waals surface area contributed by atoms with Crippen LogP contribution in [0.1, 0.15) is 36.3 Å². The van der Waals surface area contributed by atoms with E-state index in [0.29, 0.717) is 30.2 Å². The van der Waals surface area contributed by atoms with E-state index in [2.05, 4.69) is 15.6 Å². The van der Waals surface area contributed by atoms with Crippen LogP contribution in [0.5, 0.6) is 17.2 Å². The van der Waals surface area contributed by atoms with Crippen LogP contribution in [-0.2, 0) is 34.3 Å². The van der Waals surface area contributed by atoms with Crippen LogP contribution >= 0.6 is 18.9 Å². The summed E-state index contributed by atoms with van der Waals surface area (Å²) in [5.74, 6) is 0.424. The first-order chi connectivity index (χ1) is 20.5. The van der Waals surface area contributed by atoms with Gasteiger partial charge in [0.1, 0.15) is 23.4 Å². The summed E-state index contributed by atoms with van der Waals surface area (Å²) >= 11 is 1.16. The highest BCUT2D eigenvalue weighted by atomic mass is 32.2. The first kappa shape index (κ1) is 32.4. The Kier molecular flexibility index (Phi) is 10.8. The van der Waals surface area contributed by atoms with Crippen molar-refractivity contribution in [2.45, 2.75) is 37.4 Å². The third kappa shape index (κ3) is 9.50. The van der Waals surface area contributed by atoms with E-state index in [0.717, 1.165) is 17.6 Å². The number of nitrogens with one attached hydrogen (secondary N) is 2. The third-order valence-electron chi connectivity index (χ3n) is 5.87. The quantitative estimate of drug-likeness (QED) is 0.206. The molecule has 1 saturated heterocycles. The molecule has 1 aliphatic rings. The van der Waals surface area contributed by atoms with Crippen molar-refractivity contribution in [2.75, 3.05) is 37.9 Å². The van der Waals surface area contributed by atoms with Crippen molar-refractivity contribution in [2.24, 2.45) is 0 Å². The molecule has 4 rings (SSSR count). The van der Waals surface area contributed by atoms with Crippen molar-refractivity contribution in [3.63, 3.8) is 0 Å². The zero-order valence-electron chi connectivity index (χ0n) is 23.7. The molecule has 16 heteroatoms. The van der Waals surface area contributed by atoms with Crippen LogP contribution in [0.25, 0.3) is 0 Å². The standard InChI is InChI=1S/C27H32N3O10PS2/c1-4-37-41(33,38-5-2)16-19-17-42-26(29-19)30-25(31)18-12-22(36-11-10-21-15-28-27(32)40-21)14-23(13-18)39-20-6-8-24(9-7-20)43(3,34)35/h6-9,12-14,17,21H,4-5,10-11,15-16H2,1-3H3,(H,28,32)(H,29,30,31)/t21-/m0/s1. The lowest BCUT2D eigenvalue weighted by atomic mass is 10.2. The first-order valence-electron chi connectivity index (χ1n) is 13.3. The number of aromatic nitrogens is 1. The van der Waals surface area contributed by atoms with Crippen molar-refractivity contribution in [1.82, 2.24) is 10.3 Å². The summed E-state index contributed by atoms with van der Waals surface area (Å²) in [5, 5.41) is 7.25. The highest BCUT2D eigenvalue weighted by Gasteiger charge is 2.26. The summed E-state index contributed by atoms with van der Waals surface area (Å²) < 4.78 is 64.0. The lowest BCUT2D eigenvalue weighted by Crippen LogP contribution is -2.17. The van der Waals surface area contributed by atoms with Crippen LogP contribution in [0.2, 0.25) is 0 Å². The Hall–Kier alpha value is -3.49. The summed E-state index contributed by atoms with van der Waals surface area (Å²) in [6, 6.07) is 10.5. The van der Waals surface area contributed by atoms with Gasteiger partial charge in [0.25, 0.3) is 5.91 Å². The zero-order chi connectivity index (χ0) is 31.0. The Labute approximate surface area is 253 Å². The average molecular weight is 654 g/mol. The molecule has 1 fully saturated rings. The molecule has 2 amide bonds. The number of carbonyl (C=O) groups excluding carboxylic acids is 2. The van der Waals surface area contributed by atoms with Crippen molar-refractivity contribution >= 4 is 45.9 Å². The summed E-state index contributed by atoms with van der Waals surface area (Å²) in [5.41, 5.74) is 0.645. The maximum Gasteiger partial charge on any atom is 0.407 e. The number of ether oxygens (including phenoxy) is 3. The number of hydrogen-bond donors (Lipinski definition) is 2. The Morgan fingerprint density at radius 3 is 2.44 bits per heavy atom. The minimum Gasteiger partial charge on any atom is -0.493 e. The molecule has 0 saturated carbocycles. The maximum atomic E-state index is 13.3. The number of anilines is 1. The smallest absolute Gasteiger partial charge is 0.407 e. The summed E-state index contributed by atoms with van der Waals surface area (Å²) in [6.45, 7) is 4.46. The van der Waals surface area contributed by atoms with Gasteiger partial charge in [0.15, 0.2) is 15.0 Å². The highest BCUT2D eigenvalue weighted by molar-refractivity contribution is 7.90. The predicted octanol–water partition coefficient (Wildman–Crippen LogP) is 5.23. The van der Waals surface area contributed by atoms with Gasteiger partial charge >= 0.3 is 13.7 Å². The minimum atomic E-state index is -3.38. The molecule has 2 heterocycles. The second-order valence-electron chi connectivity index (χ2n) is 9.29. The van der Waals surface area contributed by atoms with E-state index >= 15 is 0 Å². The molecule has 0 bridgehead atoms. The molecule has 232 valence electrons. The van der Waals surface area contributed by atoms with Gasteiger partial charge in [-0.3, -0.25) is 14.7 Å². The number of alkyl carbamates (subject to hydrolysis) is 1. The SMILES string of the molecule is CCOP(=O)(Cc1csc(NC(=O)c2cc(OCC[C@H]3CNC(=O)O3)cc(Oc3ccc(S(C)(=O)=O)cc3)c2)n1)OCC. The number of cyclic esters (lactones) is 1. The van der Waals surface area contributed by atoms with Gasteiger partial charge in [-0.15, -0.1) is 11.3 Å². The van der Waals surface area contributed by atoms with Crippen LogP contribution in [0.3, 0.4) is 0 Å². The number of nitrogens with zero attached hydrogens (tertiary/aromatic N) is 1. The molecule has 1 aromatic heterocycles. The summed E-state index contributed by atoms with van der Waals surface area (Å²) in [4.78, 5) is 29.0. The molecular formula is C27H32N3O10PS2. The number of rotatable bonds is 15. The van der Waals surface area contributed by atoms with Gasteiger partial charge in [0.05, 0.1) is 43.1 Å². The number of amides is 2. The molecule has 43 heavy (non-hydrogen) atoms. The van der Waals surface area contributed by atoms with Gasteiger partial charge < -0.3 is 28.6 Å². The fourth-order valence-corrected chi connectivity index (χ4v) is 7.03. The second-order valence-corrected chi connectivity index (χ2v) is 14.2. The van der Waals surface area contributed by atoms with Crippen molar-refractivity contribution in [1.29, 1.82) is 0 Å². The van der Waals surface area contributed by atoms with Crippen molar-refractivity contribution < 1.29 is 45.8 Å². The number of thiazole rings is 1. The first-order valence-corrected chi connectivity index (χ1v) is 17.8. The van der Waals surface area contributed by atoms with E-state index in [1.807, 2.05) is 0 Å². The van der Waals surface area contributed by atoms with Crippen LogP contribution < -0.4 is 20.1 Å². The Bertz CT molecular complexity index is 1580. The molecule has 0 aliphatic carbocycles. The lowest BCUT2D eigenvalue weighted by Gasteiger charge is -2.15. The van der Waals surface area contributed by atoms with E-state index < -0.39 is 29.4 Å². The molecule has 13 nitrogen and oxygen atoms in total. The van der Waals surface area contributed by atoms with Crippen LogP contribution in [0.15, 0.2) is 52.7 Å². The van der Waals surface area contributed by atoms with Gasteiger partial charge in [0.2, 0.25) is 0 Å². The fourth-order valence-electron chi connectivity index (χ4n) is 3.96. The molecule has 1 atom stereocenters. The van der Waals surface area contributed by atoms with E-state index in [1.54, 1.807) is 25.3 Å². The number of benzene rings is 2. The molecular weight excluding hydrogens is 621 g/mol. The van der Waals surface area contributed by atoms with E-state index in [-0.39, 0.29) is 53.4 Å². The number of carbonyl (C=O) groups is 2. The van der Waals surface area contributed by atoms with E-state index in [9.17, 15) is 22.6 Å². The third-order valence-corrected chi connectivity index (χ3v) is 9.82. The van der Waals surface area contributed by atoms with Gasteiger partial charge in [-0.2, -0.15) is 0 Å². The van der Waals surface area contributed by atoms with E-state index in [1.165, 1.54) is 36.4 Å². The predicted molar refractivity (Wildman–Crippen MR) is 159 cm³/mol. The monoisotopic (exact) mass is 653 g/mol. The molecule has 1 aliphatic heterocycles. The summed E-state index contributed by atoms with van der Waals surface area (Å²) in [7, 11) is -6.75. The molecule has 0 spiro atoms. The van der Waals surface area contributed by atoms with Gasteiger partial charge in [0, 0.05) is 29.7 Å². The highest BCUT2D eigenvalue weighted by Crippen LogP contribution is 2.51. The largest absolute Gasteiger partial charge is 0.493 e. The van der Waals surface area contributed by atoms with Crippen LogP contribution in [0.4, 0.5) is 9.93 Å². The second kappa shape index (κ2) is 14.3. The Balaban J connectivity index is 1.50. The normalized spacial score (nSPS) is 15.0. The van der Waals surface area contributed by atoms with Crippen molar-refractivity contribution in [3.8, 4) is 17.2 Å². The van der Waals surface area contributed by atoms with Crippen LogP contribution in [0, 0.1) is 0 Å². The average Bonchev–Trinajstić information content (AvgIpc) is 3.56. The lowest BCUT2D eigenvalue weighted by molar-refractivity contribution is 0.102. The number of sulfone groups is 1. The minimum absolute atomic E-state index is 0.0354. The summed E-state index contributed by atoms with van der Waals surface area (Å²) in [6.07, 6.45) is 0.687. The molecule has 0 unspecified atom stereocenters. The fraction of sp³-hybridized carbons (Fsp3) is 0.370. The molecule has 2 aromatic carbocycles. The van der Waals surface area contributed by atoms with Gasteiger partial charge in [-0.05, 0) is 50.2 Å². The maximum absolute atomic E-state index is 13.3. The Morgan fingerprint density at radius 1 is 1.12 bits per heavy atom. The van der Waals surface area contributed by atoms with Crippen LogP contribution in [-0.4, -0.2) is 64.1 Å². The zero-order valence-corrected chi connectivity index (χ0v) is 26.3. The van der Waals surface area contributed by atoms with E-state index in [4.69, 9.17) is 23.3 Å². The Morgan fingerprint density at radius 2 is 1.81 bits per heavy atom. The molecule has 0 radical (unpaired) electrons. The molecule has 2 N–H and O–H groups in total. The van der Waals surface area contributed by atoms with Gasteiger partial charge in [-0.1, -0.05) is 0 Å². The van der Waals surface area contributed by atoms with Gasteiger partial charge in [-0.25, -0.2) is 18.2 Å². The molecule has 3 aromatic rings. The number of hydrogen-bond acceptors (Lipinski definition) is 12. The topological polar surface area (TPSA) is 168 Å².